The molecule has 0 saturated carbocycles. The van der Waals surface area contributed by atoms with Gasteiger partial charge in [-0.25, -0.2) is 0 Å². The van der Waals surface area contributed by atoms with Crippen molar-refractivity contribution < 1.29 is 19.0 Å². The first kappa shape index (κ1) is 19.6. The van der Waals surface area contributed by atoms with Gasteiger partial charge < -0.3 is 19.5 Å². The first-order valence-electron chi connectivity index (χ1n) is 8.67. The van der Waals surface area contributed by atoms with Crippen molar-refractivity contribution in [3.05, 3.63) is 53.1 Å². The van der Waals surface area contributed by atoms with Gasteiger partial charge in [0, 0.05) is 0 Å². The lowest BCUT2D eigenvalue weighted by Crippen LogP contribution is -2.29. The van der Waals surface area contributed by atoms with Crippen LogP contribution in [0.2, 0.25) is 0 Å². The van der Waals surface area contributed by atoms with Crippen molar-refractivity contribution in [1.82, 2.24) is 5.32 Å². The van der Waals surface area contributed by atoms with E-state index in [-0.39, 0.29) is 18.4 Å². The highest BCUT2D eigenvalue weighted by Crippen LogP contribution is 2.28. The molecule has 0 bridgehead atoms. The van der Waals surface area contributed by atoms with E-state index in [2.05, 4.69) is 18.3 Å². The fourth-order valence-electron chi connectivity index (χ4n) is 2.96. The van der Waals surface area contributed by atoms with Crippen molar-refractivity contribution >= 4 is 5.91 Å². The number of nitrogens with one attached hydrogen (secondary N) is 1. The van der Waals surface area contributed by atoms with Crippen molar-refractivity contribution in [3.63, 3.8) is 0 Å². The molecule has 0 aliphatic rings. The molecule has 0 aliphatic carbocycles. The van der Waals surface area contributed by atoms with Gasteiger partial charge in [-0.2, -0.15) is 0 Å². The first-order chi connectivity index (χ1) is 12.5. The second kappa shape index (κ2) is 9.13. The summed E-state index contributed by atoms with van der Waals surface area (Å²) in [5.74, 6) is 2.09. The highest BCUT2D eigenvalue weighted by Gasteiger charge is 2.15. The smallest absolute Gasteiger partial charge is 0.224 e. The molecule has 5 nitrogen and oxygen atoms in total. The zero-order valence-electron chi connectivity index (χ0n) is 16.1. The van der Waals surface area contributed by atoms with Crippen molar-refractivity contribution in [3.8, 4) is 17.2 Å². The number of carbonyl (C=O) groups is 1. The van der Waals surface area contributed by atoms with E-state index in [0.29, 0.717) is 11.5 Å². The van der Waals surface area contributed by atoms with Gasteiger partial charge in [0.25, 0.3) is 0 Å². The molecule has 0 radical (unpaired) electrons. The van der Waals surface area contributed by atoms with E-state index in [1.165, 1.54) is 0 Å². The summed E-state index contributed by atoms with van der Waals surface area (Å²) in [6.07, 6.45) is 1.09. The van der Waals surface area contributed by atoms with Gasteiger partial charge in [-0.3, -0.25) is 4.79 Å². The third kappa shape index (κ3) is 4.69. The highest BCUT2D eigenvalue weighted by atomic mass is 16.5. The number of ether oxygens (including phenoxy) is 3. The lowest BCUT2D eigenvalue weighted by Gasteiger charge is -2.19. The minimum absolute atomic E-state index is 0.0301. The Balaban J connectivity index is 2.08. The minimum Gasteiger partial charge on any atom is -0.496 e. The van der Waals surface area contributed by atoms with Crippen molar-refractivity contribution in [2.45, 2.75) is 32.7 Å². The Hall–Kier alpha value is -2.69. The van der Waals surface area contributed by atoms with Gasteiger partial charge in [0.05, 0.1) is 33.8 Å². The molecule has 5 heteroatoms. The predicted molar refractivity (Wildman–Crippen MR) is 102 cm³/mol. The molecule has 0 heterocycles. The van der Waals surface area contributed by atoms with E-state index in [1.807, 2.05) is 37.3 Å². The molecule has 0 unspecified atom stereocenters. The zero-order valence-corrected chi connectivity index (χ0v) is 16.1. The summed E-state index contributed by atoms with van der Waals surface area (Å²) in [4.78, 5) is 12.5. The summed E-state index contributed by atoms with van der Waals surface area (Å²) in [6.45, 7) is 4.06. The van der Waals surface area contributed by atoms with Crippen LogP contribution in [0.1, 0.15) is 36.1 Å². The van der Waals surface area contributed by atoms with Crippen LogP contribution in [-0.4, -0.2) is 27.2 Å². The Bertz CT molecular complexity index is 758. The van der Waals surface area contributed by atoms with Gasteiger partial charge >= 0.3 is 0 Å². The first-order valence-corrected chi connectivity index (χ1v) is 8.67. The van der Waals surface area contributed by atoms with Crippen LogP contribution in [0.25, 0.3) is 0 Å². The fraction of sp³-hybridized carbons (Fsp3) is 0.381. The van der Waals surface area contributed by atoms with E-state index in [0.717, 1.165) is 28.9 Å². The van der Waals surface area contributed by atoms with Gasteiger partial charge in [-0.05, 0) is 48.2 Å². The number of aryl methyl sites for hydroxylation is 1. The van der Waals surface area contributed by atoms with Crippen molar-refractivity contribution in [2.24, 2.45) is 0 Å². The Morgan fingerprint density at radius 1 is 0.962 bits per heavy atom. The Kier molecular flexibility index (Phi) is 6.89. The Labute approximate surface area is 155 Å². The summed E-state index contributed by atoms with van der Waals surface area (Å²) < 4.78 is 15.8. The summed E-state index contributed by atoms with van der Waals surface area (Å²) >= 11 is 0. The number of benzene rings is 2. The minimum atomic E-state index is -0.0350. The fourth-order valence-corrected chi connectivity index (χ4v) is 2.96. The van der Waals surface area contributed by atoms with Gasteiger partial charge in [-0.15, -0.1) is 0 Å². The second-order valence-corrected chi connectivity index (χ2v) is 6.12. The van der Waals surface area contributed by atoms with Gasteiger partial charge in [0.15, 0.2) is 11.5 Å². The third-order valence-corrected chi connectivity index (χ3v) is 4.38. The standard InChI is InChI=1S/C21H27NO4/c1-6-17(16-8-10-18(24-3)14(2)11-16)22-21(23)13-15-7-9-19(25-4)20(12-15)26-5/h7-12,17H,6,13H2,1-5H3,(H,22,23)/t17-/m0/s1. The Morgan fingerprint density at radius 2 is 1.62 bits per heavy atom. The van der Waals surface area contributed by atoms with Crippen LogP contribution in [0.15, 0.2) is 36.4 Å². The quantitative estimate of drug-likeness (QED) is 0.780. The van der Waals surface area contributed by atoms with E-state index >= 15 is 0 Å². The van der Waals surface area contributed by atoms with Crippen LogP contribution in [-0.2, 0) is 11.2 Å². The molecule has 1 amide bonds. The highest BCUT2D eigenvalue weighted by molar-refractivity contribution is 5.79. The molecule has 2 aromatic carbocycles. The van der Waals surface area contributed by atoms with Crippen molar-refractivity contribution in [2.75, 3.05) is 21.3 Å². The van der Waals surface area contributed by atoms with Gasteiger partial charge in [0.1, 0.15) is 5.75 Å². The molecule has 0 aliphatic heterocycles. The van der Waals surface area contributed by atoms with Crippen LogP contribution >= 0.6 is 0 Å². The molecule has 140 valence electrons. The van der Waals surface area contributed by atoms with E-state index in [1.54, 1.807) is 21.3 Å². The summed E-state index contributed by atoms with van der Waals surface area (Å²) in [7, 11) is 4.83. The maximum Gasteiger partial charge on any atom is 0.224 e. The van der Waals surface area contributed by atoms with Crippen LogP contribution in [0.3, 0.4) is 0 Å². The molecule has 26 heavy (non-hydrogen) atoms. The Morgan fingerprint density at radius 3 is 2.19 bits per heavy atom. The lowest BCUT2D eigenvalue weighted by molar-refractivity contribution is -0.121. The average Bonchev–Trinajstić information content (AvgIpc) is 2.65. The summed E-state index contributed by atoms with van der Waals surface area (Å²) in [5, 5.41) is 3.11. The number of amides is 1. The van der Waals surface area contributed by atoms with Crippen LogP contribution < -0.4 is 19.5 Å². The van der Waals surface area contributed by atoms with E-state index in [9.17, 15) is 4.79 Å². The number of hydrogen-bond acceptors (Lipinski definition) is 4. The summed E-state index contributed by atoms with van der Waals surface area (Å²) in [5.41, 5.74) is 3.00. The number of methoxy groups -OCH3 is 3. The summed E-state index contributed by atoms with van der Waals surface area (Å²) in [6, 6.07) is 11.5. The zero-order chi connectivity index (χ0) is 19.1. The van der Waals surface area contributed by atoms with E-state index < -0.39 is 0 Å². The predicted octanol–water partition coefficient (Wildman–Crippen LogP) is 3.83. The number of hydrogen-bond donors (Lipinski definition) is 1. The molecule has 1 atom stereocenters. The number of rotatable bonds is 8. The van der Waals surface area contributed by atoms with Gasteiger partial charge in [-0.1, -0.05) is 25.1 Å². The third-order valence-electron chi connectivity index (χ3n) is 4.38. The topological polar surface area (TPSA) is 56.8 Å². The normalized spacial score (nSPS) is 11.6. The van der Waals surface area contributed by atoms with Crippen LogP contribution in [0, 0.1) is 6.92 Å². The second-order valence-electron chi connectivity index (χ2n) is 6.12. The van der Waals surface area contributed by atoms with Crippen LogP contribution in [0.4, 0.5) is 0 Å². The molecular formula is C21H27NO4. The molecule has 0 fully saturated rings. The lowest BCUT2D eigenvalue weighted by atomic mass is 10.0. The maximum atomic E-state index is 12.5. The molecule has 0 spiro atoms. The molecule has 0 aromatic heterocycles. The largest absolute Gasteiger partial charge is 0.496 e. The molecular weight excluding hydrogens is 330 g/mol. The number of carbonyl (C=O) groups excluding carboxylic acids is 1. The van der Waals surface area contributed by atoms with Crippen molar-refractivity contribution in [1.29, 1.82) is 0 Å². The molecule has 2 rings (SSSR count). The molecule has 1 N–H and O–H groups in total. The maximum absolute atomic E-state index is 12.5. The average molecular weight is 357 g/mol. The monoisotopic (exact) mass is 357 g/mol. The molecule has 0 saturated heterocycles. The van der Waals surface area contributed by atoms with E-state index in [4.69, 9.17) is 14.2 Å². The molecule has 2 aromatic rings. The SMILES string of the molecule is CC[C@H](NC(=O)Cc1ccc(OC)c(OC)c1)c1ccc(OC)c(C)c1. The van der Waals surface area contributed by atoms with Crippen LogP contribution in [0.5, 0.6) is 17.2 Å². The van der Waals surface area contributed by atoms with Gasteiger partial charge in [0.2, 0.25) is 5.91 Å².